The van der Waals surface area contributed by atoms with Crippen molar-refractivity contribution in [1.29, 1.82) is 0 Å². The topological polar surface area (TPSA) is 115 Å². The highest BCUT2D eigenvalue weighted by molar-refractivity contribution is 6.04. The Hall–Kier alpha value is -4.40. The zero-order valence-corrected chi connectivity index (χ0v) is 23.1. The van der Waals surface area contributed by atoms with Gasteiger partial charge in [-0.15, -0.1) is 0 Å². The van der Waals surface area contributed by atoms with Crippen molar-refractivity contribution in [3.8, 4) is 11.4 Å². The number of benzene rings is 2. The molecule has 0 spiro atoms. The second-order valence-electron chi connectivity index (χ2n) is 11.6. The molecule has 0 bridgehead atoms. The van der Waals surface area contributed by atoms with Crippen LogP contribution in [0.25, 0.3) is 16.6 Å². The number of hydrogen-bond acceptors (Lipinski definition) is 6. The number of pyridine rings is 1. The molecule has 3 heterocycles. The average Bonchev–Trinajstić information content (AvgIpc) is 3.92. The molecular formula is C32H34N6O3. The molecule has 2 saturated carbocycles. The molecule has 2 aliphatic carbocycles. The van der Waals surface area contributed by atoms with Crippen molar-refractivity contribution in [2.45, 2.75) is 63.5 Å². The highest BCUT2D eigenvalue weighted by Crippen LogP contribution is 2.39. The molecule has 2 aromatic carbocycles. The monoisotopic (exact) mass is 550 g/mol. The molecule has 3 fully saturated rings. The third kappa shape index (κ3) is 5.12. The summed E-state index contributed by atoms with van der Waals surface area (Å²) in [5.74, 6) is 1.55. The number of carbonyl (C=O) groups excluding carboxylic acids is 2. The Balaban J connectivity index is 1.14. The number of fused-ring (bicyclic) bond motifs is 1. The van der Waals surface area contributed by atoms with Crippen molar-refractivity contribution in [2.24, 2.45) is 5.92 Å². The number of aromatic nitrogens is 3. The van der Waals surface area contributed by atoms with E-state index < -0.39 is 0 Å². The van der Waals surface area contributed by atoms with Gasteiger partial charge in [-0.05, 0) is 87.9 Å². The summed E-state index contributed by atoms with van der Waals surface area (Å²) in [7, 11) is 0. The molecule has 2 atom stereocenters. The van der Waals surface area contributed by atoms with Gasteiger partial charge in [0.05, 0.1) is 17.5 Å². The molecule has 3 N–H and O–H groups in total. The molecule has 9 heteroatoms. The minimum Gasteiger partial charge on any atom is -0.490 e. The van der Waals surface area contributed by atoms with Crippen LogP contribution in [0, 0.1) is 5.92 Å². The third-order valence-corrected chi connectivity index (χ3v) is 8.42. The lowest BCUT2D eigenvalue weighted by atomic mass is 9.89. The first-order chi connectivity index (χ1) is 19.9. The van der Waals surface area contributed by atoms with E-state index in [1.807, 2.05) is 47.1 Å². The first-order valence-electron chi connectivity index (χ1n) is 14.6. The van der Waals surface area contributed by atoms with Gasteiger partial charge in [-0.2, -0.15) is 5.10 Å². The molecule has 7 rings (SSSR count). The maximum absolute atomic E-state index is 13.0. The van der Waals surface area contributed by atoms with E-state index in [0.29, 0.717) is 29.7 Å². The van der Waals surface area contributed by atoms with Crippen molar-refractivity contribution in [3.63, 3.8) is 0 Å². The van der Waals surface area contributed by atoms with Gasteiger partial charge < -0.3 is 20.7 Å². The van der Waals surface area contributed by atoms with Crippen LogP contribution >= 0.6 is 0 Å². The average molecular weight is 551 g/mol. The van der Waals surface area contributed by atoms with Gasteiger partial charge in [-0.25, -0.2) is 9.67 Å². The standard InChI is InChI=1S/C32H34N6O3/c1-19-5-6-22(18-37(19)32(40)21-7-8-21)28-27-15-16-34-30(33)29(27)38(36-28)24-11-9-20(10-12-24)31(39)35-23-3-2-4-26(17-23)41-25-13-14-25/h2-4,9-12,15-17,19,21-22,25H,5-8,13-14,18H2,1H3,(H2,33,34)(H,35,39). The van der Waals surface area contributed by atoms with E-state index in [1.165, 1.54) is 0 Å². The summed E-state index contributed by atoms with van der Waals surface area (Å²) in [6.07, 6.45) is 8.06. The smallest absolute Gasteiger partial charge is 0.255 e. The molecule has 2 aromatic heterocycles. The summed E-state index contributed by atoms with van der Waals surface area (Å²) in [4.78, 5) is 32.4. The fourth-order valence-corrected chi connectivity index (χ4v) is 5.78. The lowest BCUT2D eigenvalue weighted by molar-refractivity contribution is -0.136. The van der Waals surface area contributed by atoms with Crippen LogP contribution in [0.3, 0.4) is 0 Å². The first kappa shape index (κ1) is 25.6. The summed E-state index contributed by atoms with van der Waals surface area (Å²) < 4.78 is 7.67. The molecule has 2 amide bonds. The zero-order chi connectivity index (χ0) is 28.1. The van der Waals surface area contributed by atoms with Crippen LogP contribution in [0.4, 0.5) is 11.5 Å². The minimum absolute atomic E-state index is 0.115. The molecule has 210 valence electrons. The maximum atomic E-state index is 13.0. The van der Waals surface area contributed by atoms with Crippen LogP contribution < -0.4 is 15.8 Å². The van der Waals surface area contributed by atoms with Crippen molar-refractivity contribution >= 4 is 34.2 Å². The molecule has 3 aliphatic rings. The highest BCUT2D eigenvalue weighted by Gasteiger charge is 2.39. The predicted octanol–water partition coefficient (Wildman–Crippen LogP) is 5.30. The van der Waals surface area contributed by atoms with Gasteiger partial charge in [0.15, 0.2) is 0 Å². The Labute approximate surface area is 238 Å². The lowest BCUT2D eigenvalue weighted by Gasteiger charge is -2.37. The number of likely N-dealkylation sites (tertiary alicyclic amines) is 1. The third-order valence-electron chi connectivity index (χ3n) is 8.42. The Morgan fingerprint density at radius 2 is 1.80 bits per heavy atom. The lowest BCUT2D eigenvalue weighted by Crippen LogP contribution is -2.45. The molecular weight excluding hydrogens is 516 g/mol. The summed E-state index contributed by atoms with van der Waals surface area (Å²) in [5.41, 5.74) is 10.1. The number of hydrogen-bond donors (Lipinski definition) is 2. The van der Waals surface area contributed by atoms with E-state index in [-0.39, 0.29) is 29.7 Å². The number of nitrogens with one attached hydrogen (secondary N) is 1. The molecule has 41 heavy (non-hydrogen) atoms. The number of nitrogens with zero attached hydrogens (tertiary/aromatic N) is 4. The van der Waals surface area contributed by atoms with Gasteiger partial charge in [0.25, 0.3) is 5.91 Å². The Morgan fingerprint density at radius 3 is 2.56 bits per heavy atom. The summed E-state index contributed by atoms with van der Waals surface area (Å²) in [6.45, 7) is 2.81. The van der Waals surface area contributed by atoms with Crippen LogP contribution in [0.5, 0.6) is 5.75 Å². The Kier molecular flexibility index (Phi) is 6.37. The van der Waals surface area contributed by atoms with E-state index >= 15 is 0 Å². The van der Waals surface area contributed by atoms with Gasteiger partial charge in [0, 0.05) is 53.3 Å². The van der Waals surface area contributed by atoms with Crippen LogP contribution in [0.15, 0.2) is 60.8 Å². The van der Waals surface area contributed by atoms with Gasteiger partial charge in [-0.3, -0.25) is 9.59 Å². The number of amides is 2. The van der Waals surface area contributed by atoms with Gasteiger partial charge in [-0.1, -0.05) is 6.07 Å². The van der Waals surface area contributed by atoms with Crippen molar-refractivity contribution in [2.75, 3.05) is 17.6 Å². The summed E-state index contributed by atoms with van der Waals surface area (Å²) in [6, 6.07) is 17.0. The number of ether oxygens (including phenoxy) is 1. The summed E-state index contributed by atoms with van der Waals surface area (Å²) >= 11 is 0. The van der Waals surface area contributed by atoms with Crippen molar-refractivity contribution in [3.05, 3.63) is 72.1 Å². The van der Waals surface area contributed by atoms with Crippen LogP contribution in [0.2, 0.25) is 0 Å². The number of nitrogens with two attached hydrogens (primary N) is 1. The van der Waals surface area contributed by atoms with Crippen molar-refractivity contribution < 1.29 is 14.3 Å². The van der Waals surface area contributed by atoms with Gasteiger partial charge >= 0.3 is 0 Å². The zero-order valence-electron chi connectivity index (χ0n) is 23.1. The van der Waals surface area contributed by atoms with E-state index in [4.69, 9.17) is 15.6 Å². The molecule has 1 aliphatic heterocycles. The number of anilines is 2. The maximum Gasteiger partial charge on any atom is 0.255 e. The molecule has 2 unspecified atom stereocenters. The van der Waals surface area contributed by atoms with Crippen molar-refractivity contribution in [1.82, 2.24) is 19.7 Å². The quantitative estimate of drug-likeness (QED) is 0.323. The van der Waals surface area contributed by atoms with E-state index in [0.717, 1.165) is 66.6 Å². The predicted molar refractivity (Wildman–Crippen MR) is 157 cm³/mol. The van der Waals surface area contributed by atoms with E-state index in [9.17, 15) is 9.59 Å². The Morgan fingerprint density at radius 1 is 1.00 bits per heavy atom. The van der Waals surface area contributed by atoms with Crippen LogP contribution in [0.1, 0.15) is 67.4 Å². The van der Waals surface area contributed by atoms with Gasteiger partial charge in [0.2, 0.25) is 5.91 Å². The number of rotatable bonds is 7. The molecule has 0 radical (unpaired) electrons. The normalized spacial score (nSPS) is 20.7. The largest absolute Gasteiger partial charge is 0.490 e. The van der Waals surface area contributed by atoms with Crippen LogP contribution in [-0.2, 0) is 4.79 Å². The van der Waals surface area contributed by atoms with E-state index in [1.54, 1.807) is 18.3 Å². The second kappa shape index (κ2) is 10.2. The second-order valence-corrected chi connectivity index (χ2v) is 11.6. The SMILES string of the molecule is CC1CCC(c2nn(-c3ccc(C(=O)Nc4cccc(OC5CC5)c4)cc3)c3c(N)nccc23)CN1C(=O)C1CC1. The molecule has 9 nitrogen and oxygen atoms in total. The highest BCUT2D eigenvalue weighted by atomic mass is 16.5. The summed E-state index contributed by atoms with van der Waals surface area (Å²) in [5, 5.41) is 8.96. The molecule has 4 aromatic rings. The minimum atomic E-state index is -0.205. The number of carbonyl (C=O) groups is 2. The van der Waals surface area contributed by atoms with Gasteiger partial charge in [0.1, 0.15) is 17.1 Å². The molecule has 1 saturated heterocycles. The van der Waals surface area contributed by atoms with Crippen LogP contribution in [-0.4, -0.2) is 50.2 Å². The number of piperidine rings is 1. The Bertz CT molecular complexity index is 1620. The van der Waals surface area contributed by atoms with E-state index in [2.05, 4.69) is 22.1 Å². The first-order valence-corrected chi connectivity index (χ1v) is 14.6. The number of nitrogen functional groups attached to an aromatic ring is 1. The fourth-order valence-electron chi connectivity index (χ4n) is 5.78. The fraction of sp³-hybridized carbons (Fsp3) is 0.375.